The molecule has 0 saturated heterocycles. The van der Waals surface area contributed by atoms with Crippen molar-refractivity contribution in [3.05, 3.63) is 46.7 Å². The maximum atomic E-state index is 5.81. The largest absolute Gasteiger partial charge is 0.541 e. The molecule has 0 unspecified atom stereocenters. The van der Waals surface area contributed by atoms with Crippen molar-refractivity contribution in [2.24, 2.45) is 4.99 Å². The normalized spacial score (nSPS) is 11.2. The van der Waals surface area contributed by atoms with E-state index in [0.717, 1.165) is 17.0 Å². The fourth-order valence-corrected chi connectivity index (χ4v) is 2.59. The molecule has 4 heteroatoms. The van der Waals surface area contributed by atoms with Crippen molar-refractivity contribution in [2.75, 3.05) is 0 Å². The van der Waals surface area contributed by atoms with Gasteiger partial charge in [-0.1, -0.05) is 12.1 Å². The Morgan fingerprint density at radius 2 is 2.06 bits per heavy atom. The molecule has 1 heterocycles. The lowest BCUT2D eigenvalue weighted by Gasteiger charge is -2.10. The third kappa shape index (κ3) is 3.54. The molecular weight excluding hydrogens is 246 g/mol. The van der Waals surface area contributed by atoms with E-state index in [0.29, 0.717) is 0 Å². The standard InChI is InChI=1S/C13H14NOSSi/c1-17(2)15-13-6-4-3-5-12(13)14-9-11-7-8-16-10-11/h3-10H,1-2H3. The fraction of sp³-hybridized carbons (Fsp3) is 0.154. The molecule has 2 rings (SSSR count). The first kappa shape index (κ1) is 12.1. The van der Waals surface area contributed by atoms with Crippen molar-refractivity contribution < 1.29 is 4.43 Å². The Hall–Kier alpha value is -1.39. The Morgan fingerprint density at radius 3 is 2.76 bits per heavy atom. The fourth-order valence-electron chi connectivity index (χ4n) is 1.36. The minimum absolute atomic E-state index is 0.752. The summed E-state index contributed by atoms with van der Waals surface area (Å²) in [5.74, 6) is 0.873. The summed E-state index contributed by atoms with van der Waals surface area (Å²) in [5, 5.41) is 4.12. The number of hydrogen-bond donors (Lipinski definition) is 0. The van der Waals surface area contributed by atoms with Gasteiger partial charge in [-0.05, 0) is 42.1 Å². The van der Waals surface area contributed by atoms with Gasteiger partial charge >= 0.3 is 0 Å². The molecule has 0 spiro atoms. The highest BCUT2D eigenvalue weighted by atomic mass is 32.1. The van der Waals surface area contributed by atoms with Crippen LogP contribution in [0.15, 0.2) is 46.1 Å². The minimum atomic E-state index is -0.752. The van der Waals surface area contributed by atoms with Gasteiger partial charge in [-0.25, -0.2) is 0 Å². The molecule has 1 aromatic heterocycles. The van der Waals surface area contributed by atoms with Crippen LogP contribution in [0, 0.1) is 0 Å². The molecule has 0 aliphatic carbocycles. The Balaban J connectivity index is 2.20. The van der Waals surface area contributed by atoms with Crippen LogP contribution in [0.25, 0.3) is 0 Å². The Kier molecular flexibility index (Phi) is 4.11. The lowest BCUT2D eigenvalue weighted by molar-refractivity contribution is 0.582. The number of rotatable bonds is 4. The molecule has 1 aromatic carbocycles. The van der Waals surface area contributed by atoms with E-state index in [-0.39, 0.29) is 0 Å². The summed E-state index contributed by atoms with van der Waals surface area (Å²) in [4.78, 5) is 4.47. The van der Waals surface area contributed by atoms with E-state index >= 15 is 0 Å². The second-order valence-electron chi connectivity index (χ2n) is 3.79. The van der Waals surface area contributed by atoms with E-state index in [1.54, 1.807) is 11.3 Å². The maximum absolute atomic E-state index is 5.81. The molecule has 87 valence electrons. The molecule has 2 nitrogen and oxygen atoms in total. The monoisotopic (exact) mass is 260 g/mol. The van der Waals surface area contributed by atoms with Gasteiger partial charge in [-0.3, -0.25) is 4.99 Å². The van der Waals surface area contributed by atoms with Crippen LogP contribution < -0.4 is 4.43 Å². The van der Waals surface area contributed by atoms with Crippen molar-refractivity contribution in [2.45, 2.75) is 13.1 Å². The van der Waals surface area contributed by atoms with E-state index in [9.17, 15) is 0 Å². The van der Waals surface area contributed by atoms with Gasteiger partial charge in [-0.2, -0.15) is 11.3 Å². The summed E-state index contributed by atoms with van der Waals surface area (Å²) in [6.45, 7) is 4.23. The number of hydrogen-bond acceptors (Lipinski definition) is 3. The lowest BCUT2D eigenvalue weighted by Crippen LogP contribution is -2.11. The molecule has 0 atom stereocenters. The van der Waals surface area contributed by atoms with Gasteiger partial charge in [0.2, 0.25) is 0 Å². The van der Waals surface area contributed by atoms with E-state index in [4.69, 9.17) is 4.43 Å². The molecule has 17 heavy (non-hydrogen) atoms. The Morgan fingerprint density at radius 1 is 1.24 bits per heavy atom. The zero-order chi connectivity index (χ0) is 12.1. The second-order valence-corrected chi connectivity index (χ2v) is 6.59. The summed E-state index contributed by atoms with van der Waals surface area (Å²) in [6, 6.07) is 9.95. The van der Waals surface area contributed by atoms with E-state index < -0.39 is 9.04 Å². The van der Waals surface area contributed by atoms with Crippen molar-refractivity contribution >= 4 is 32.3 Å². The van der Waals surface area contributed by atoms with Crippen LogP contribution in [0.4, 0.5) is 5.69 Å². The SMILES string of the molecule is C[Si](C)Oc1ccccc1N=Cc1ccsc1. The van der Waals surface area contributed by atoms with Crippen molar-refractivity contribution in [3.63, 3.8) is 0 Å². The second kappa shape index (κ2) is 5.79. The number of benzene rings is 1. The molecule has 0 aliphatic rings. The van der Waals surface area contributed by atoms with Crippen LogP contribution in [0.3, 0.4) is 0 Å². The van der Waals surface area contributed by atoms with Crippen molar-refractivity contribution in [1.82, 2.24) is 0 Å². The van der Waals surface area contributed by atoms with Gasteiger partial charge in [0.1, 0.15) is 11.4 Å². The van der Waals surface area contributed by atoms with Crippen LogP contribution in [-0.4, -0.2) is 15.3 Å². The summed E-state index contributed by atoms with van der Waals surface area (Å²) in [6.07, 6.45) is 1.87. The van der Waals surface area contributed by atoms with Crippen LogP contribution in [0.2, 0.25) is 13.1 Å². The molecule has 1 radical (unpaired) electrons. The summed E-state index contributed by atoms with van der Waals surface area (Å²) >= 11 is 1.67. The summed E-state index contributed by atoms with van der Waals surface area (Å²) in [7, 11) is -0.752. The molecule has 0 fully saturated rings. The number of para-hydroxylation sites is 2. The first-order valence-corrected chi connectivity index (χ1v) is 8.74. The van der Waals surface area contributed by atoms with E-state index in [2.05, 4.69) is 23.5 Å². The third-order valence-corrected chi connectivity index (χ3v) is 3.40. The first-order valence-electron chi connectivity index (χ1n) is 5.39. The number of nitrogens with zero attached hydrogens (tertiary/aromatic N) is 1. The van der Waals surface area contributed by atoms with Gasteiger partial charge in [0.15, 0.2) is 0 Å². The predicted octanol–water partition coefficient (Wildman–Crippen LogP) is 4.13. The Labute approximate surface area is 107 Å². The maximum Gasteiger partial charge on any atom is 0.274 e. The van der Waals surface area contributed by atoms with Gasteiger partial charge in [0, 0.05) is 11.8 Å². The highest BCUT2D eigenvalue weighted by molar-refractivity contribution is 7.08. The lowest BCUT2D eigenvalue weighted by atomic mass is 10.3. The zero-order valence-corrected chi connectivity index (χ0v) is 11.7. The predicted molar refractivity (Wildman–Crippen MR) is 76.1 cm³/mol. The van der Waals surface area contributed by atoms with Crippen LogP contribution in [-0.2, 0) is 0 Å². The van der Waals surface area contributed by atoms with Crippen LogP contribution >= 0.6 is 11.3 Å². The summed E-state index contributed by atoms with van der Waals surface area (Å²) in [5.41, 5.74) is 2.02. The molecule has 0 N–H and O–H groups in total. The van der Waals surface area contributed by atoms with Crippen LogP contribution in [0.1, 0.15) is 5.56 Å². The van der Waals surface area contributed by atoms with Crippen molar-refractivity contribution in [3.8, 4) is 5.75 Å². The molecule has 0 amide bonds. The third-order valence-electron chi connectivity index (χ3n) is 2.08. The smallest absolute Gasteiger partial charge is 0.274 e. The van der Waals surface area contributed by atoms with Crippen LogP contribution in [0.5, 0.6) is 5.75 Å². The van der Waals surface area contributed by atoms with E-state index in [1.807, 2.05) is 41.9 Å². The number of thiophene rings is 1. The van der Waals surface area contributed by atoms with Gasteiger partial charge in [-0.15, -0.1) is 0 Å². The quantitative estimate of drug-likeness (QED) is 0.598. The zero-order valence-electron chi connectivity index (χ0n) is 9.88. The van der Waals surface area contributed by atoms with Crippen molar-refractivity contribution in [1.29, 1.82) is 0 Å². The van der Waals surface area contributed by atoms with Gasteiger partial charge in [0.05, 0.1) is 0 Å². The number of aliphatic imine (C=N–C) groups is 1. The highest BCUT2D eigenvalue weighted by Gasteiger charge is 2.04. The summed E-state index contributed by atoms with van der Waals surface area (Å²) < 4.78 is 5.81. The average Bonchev–Trinajstić information content (AvgIpc) is 2.80. The Bertz CT molecular complexity index is 494. The average molecular weight is 260 g/mol. The minimum Gasteiger partial charge on any atom is -0.541 e. The van der Waals surface area contributed by atoms with Gasteiger partial charge in [0.25, 0.3) is 9.04 Å². The topological polar surface area (TPSA) is 21.6 Å². The molecule has 2 aromatic rings. The first-order chi connectivity index (χ1) is 8.25. The van der Waals surface area contributed by atoms with E-state index in [1.165, 1.54) is 0 Å². The molecular formula is C13H14NOSSi. The highest BCUT2D eigenvalue weighted by Crippen LogP contribution is 2.27. The molecule has 0 bridgehead atoms. The molecule has 0 saturated carbocycles. The molecule has 0 aliphatic heterocycles. The van der Waals surface area contributed by atoms with Gasteiger partial charge < -0.3 is 4.43 Å².